The molecule has 6 nitrogen and oxygen atoms in total. The molecule has 2 rings (SSSR count). The van der Waals surface area contributed by atoms with Gasteiger partial charge < -0.3 is 9.64 Å². The van der Waals surface area contributed by atoms with Crippen LogP contribution in [0.5, 0.6) is 5.75 Å². The van der Waals surface area contributed by atoms with Crippen molar-refractivity contribution in [2.45, 2.75) is 12.5 Å². The third kappa shape index (κ3) is 2.76. The van der Waals surface area contributed by atoms with Crippen LogP contribution >= 0.6 is 0 Å². The van der Waals surface area contributed by atoms with Gasteiger partial charge in [-0.05, 0) is 6.07 Å². The van der Waals surface area contributed by atoms with Crippen LogP contribution in [-0.4, -0.2) is 34.9 Å². The van der Waals surface area contributed by atoms with Gasteiger partial charge in [0.25, 0.3) is 5.91 Å². The Bertz CT molecular complexity index is 561. The van der Waals surface area contributed by atoms with E-state index in [-0.39, 0.29) is 17.3 Å². The fourth-order valence-electron chi connectivity index (χ4n) is 2.04. The van der Waals surface area contributed by atoms with Gasteiger partial charge in [-0.15, -0.1) is 6.58 Å². The van der Waals surface area contributed by atoms with Gasteiger partial charge in [0.15, 0.2) is 6.10 Å². The summed E-state index contributed by atoms with van der Waals surface area (Å²) in [4.78, 5) is 23.7. The molecule has 1 aliphatic rings. The molecule has 0 bridgehead atoms. The highest BCUT2D eigenvalue weighted by Crippen LogP contribution is 2.30. The number of hydrogen-bond donors (Lipinski definition) is 0. The number of rotatable bonds is 5. The Balaban J connectivity index is 2.18. The Kier molecular flexibility index (Phi) is 3.97. The Labute approximate surface area is 114 Å². The topological polar surface area (TPSA) is 72.7 Å². The molecule has 0 spiro atoms. The fraction of sp³-hybridized carbons (Fsp3) is 0.308. The van der Waals surface area contributed by atoms with Crippen molar-refractivity contribution in [2.24, 2.45) is 0 Å². The second-order valence-electron chi connectivity index (χ2n) is 4.34. The number of amides is 1. The van der Waals surface area contributed by atoms with Crippen molar-refractivity contribution < 1.29 is 18.8 Å². The second kappa shape index (κ2) is 5.68. The Morgan fingerprint density at radius 3 is 3.00 bits per heavy atom. The molecule has 0 N–H and O–H groups in total. The zero-order valence-corrected chi connectivity index (χ0v) is 10.6. The Morgan fingerprint density at radius 2 is 2.35 bits per heavy atom. The minimum atomic E-state index is -0.824. The predicted octanol–water partition coefficient (Wildman–Crippen LogP) is 1.90. The molecule has 1 aromatic carbocycles. The highest BCUT2D eigenvalue weighted by Gasteiger charge is 2.34. The van der Waals surface area contributed by atoms with E-state index < -0.39 is 16.8 Å². The lowest BCUT2D eigenvalue weighted by Gasteiger charge is -2.15. The van der Waals surface area contributed by atoms with Gasteiger partial charge in [0.05, 0.1) is 4.92 Å². The van der Waals surface area contributed by atoms with Crippen molar-refractivity contribution in [1.29, 1.82) is 0 Å². The normalized spacial score (nSPS) is 18.1. The van der Waals surface area contributed by atoms with Crippen LogP contribution < -0.4 is 4.74 Å². The zero-order valence-electron chi connectivity index (χ0n) is 10.6. The number of likely N-dealkylation sites (tertiary alicyclic amines) is 1. The van der Waals surface area contributed by atoms with Gasteiger partial charge in [0.1, 0.15) is 5.82 Å². The van der Waals surface area contributed by atoms with E-state index in [2.05, 4.69) is 6.58 Å². The molecular weight excluding hydrogens is 267 g/mol. The van der Waals surface area contributed by atoms with Crippen molar-refractivity contribution in [3.05, 3.63) is 46.8 Å². The molecule has 0 unspecified atom stereocenters. The first kappa shape index (κ1) is 14.0. The zero-order chi connectivity index (χ0) is 14.7. The van der Waals surface area contributed by atoms with Crippen LogP contribution in [0.15, 0.2) is 30.9 Å². The first-order valence-electron chi connectivity index (χ1n) is 6.03. The number of nitro groups is 1. The van der Waals surface area contributed by atoms with Crippen LogP contribution in [0.2, 0.25) is 0 Å². The molecule has 20 heavy (non-hydrogen) atoms. The lowest BCUT2D eigenvalue weighted by atomic mass is 10.2. The lowest BCUT2D eigenvalue weighted by molar-refractivity contribution is -0.386. The molecule has 0 aromatic heterocycles. The SMILES string of the molecule is C=CCN1CC[C@@H](Oc2cc(F)ccc2[N+](=O)[O-])C1=O. The molecule has 1 heterocycles. The molecule has 0 saturated carbocycles. The van der Waals surface area contributed by atoms with Crippen molar-refractivity contribution >= 4 is 11.6 Å². The van der Waals surface area contributed by atoms with Gasteiger partial charge in [-0.25, -0.2) is 4.39 Å². The number of nitro benzene ring substituents is 1. The number of carbonyl (C=O) groups is 1. The van der Waals surface area contributed by atoms with Crippen molar-refractivity contribution in [1.82, 2.24) is 4.90 Å². The number of hydrogen-bond acceptors (Lipinski definition) is 4. The van der Waals surface area contributed by atoms with Crippen molar-refractivity contribution in [2.75, 3.05) is 13.1 Å². The van der Waals surface area contributed by atoms with Gasteiger partial charge in [-0.1, -0.05) is 6.08 Å². The number of ether oxygens (including phenoxy) is 1. The molecule has 1 saturated heterocycles. The molecule has 0 radical (unpaired) electrons. The summed E-state index contributed by atoms with van der Waals surface area (Å²) in [5.41, 5.74) is -0.360. The third-order valence-electron chi connectivity index (χ3n) is 2.99. The van der Waals surface area contributed by atoms with Gasteiger partial charge in [-0.2, -0.15) is 0 Å². The van der Waals surface area contributed by atoms with E-state index in [9.17, 15) is 19.3 Å². The van der Waals surface area contributed by atoms with E-state index in [4.69, 9.17) is 4.74 Å². The second-order valence-corrected chi connectivity index (χ2v) is 4.34. The van der Waals surface area contributed by atoms with Gasteiger partial charge in [-0.3, -0.25) is 14.9 Å². The van der Waals surface area contributed by atoms with E-state index >= 15 is 0 Å². The van der Waals surface area contributed by atoms with E-state index in [0.717, 1.165) is 18.2 Å². The van der Waals surface area contributed by atoms with Gasteiger partial charge in [0, 0.05) is 31.6 Å². The van der Waals surface area contributed by atoms with Gasteiger partial charge in [0.2, 0.25) is 5.75 Å². The first-order chi connectivity index (χ1) is 9.52. The average Bonchev–Trinajstić information content (AvgIpc) is 2.72. The number of benzene rings is 1. The summed E-state index contributed by atoms with van der Waals surface area (Å²) in [6.45, 7) is 4.42. The predicted molar refractivity (Wildman–Crippen MR) is 68.9 cm³/mol. The maximum atomic E-state index is 13.2. The van der Waals surface area contributed by atoms with Crippen LogP contribution in [0.4, 0.5) is 10.1 Å². The highest BCUT2D eigenvalue weighted by molar-refractivity contribution is 5.83. The summed E-state index contributed by atoms with van der Waals surface area (Å²) in [6, 6.07) is 2.92. The molecule has 1 aromatic rings. The Morgan fingerprint density at radius 1 is 1.60 bits per heavy atom. The smallest absolute Gasteiger partial charge is 0.311 e. The number of nitrogens with zero attached hydrogens (tertiary/aromatic N) is 2. The van der Waals surface area contributed by atoms with Crippen LogP contribution in [0.3, 0.4) is 0 Å². The quantitative estimate of drug-likeness (QED) is 0.469. The molecule has 0 aliphatic carbocycles. The van der Waals surface area contributed by atoms with Crippen LogP contribution in [0.1, 0.15) is 6.42 Å². The Hall–Kier alpha value is -2.44. The van der Waals surface area contributed by atoms with E-state index in [1.54, 1.807) is 6.08 Å². The van der Waals surface area contributed by atoms with E-state index in [1.165, 1.54) is 4.90 Å². The molecule has 1 amide bonds. The minimum absolute atomic E-state index is 0.228. The molecule has 1 fully saturated rings. The first-order valence-corrected chi connectivity index (χ1v) is 6.03. The van der Waals surface area contributed by atoms with Crippen LogP contribution in [0, 0.1) is 15.9 Å². The lowest BCUT2D eigenvalue weighted by Crippen LogP contribution is -2.32. The van der Waals surface area contributed by atoms with Crippen LogP contribution in [-0.2, 0) is 4.79 Å². The molecule has 1 aliphatic heterocycles. The molecule has 7 heteroatoms. The van der Waals surface area contributed by atoms with E-state index in [1.807, 2.05) is 0 Å². The molecular formula is C13H13FN2O4. The third-order valence-corrected chi connectivity index (χ3v) is 2.99. The largest absolute Gasteiger partial charge is 0.473 e. The number of halogens is 1. The van der Waals surface area contributed by atoms with Crippen LogP contribution in [0.25, 0.3) is 0 Å². The summed E-state index contributed by atoms with van der Waals surface area (Å²) in [5, 5.41) is 10.8. The summed E-state index contributed by atoms with van der Waals surface area (Å²) >= 11 is 0. The monoisotopic (exact) mass is 280 g/mol. The molecule has 1 atom stereocenters. The summed E-state index contributed by atoms with van der Waals surface area (Å²) in [7, 11) is 0. The van der Waals surface area contributed by atoms with Crippen molar-refractivity contribution in [3.63, 3.8) is 0 Å². The number of carbonyl (C=O) groups excluding carboxylic acids is 1. The molecule has 106 valence electrons. The van der Waals surface area contributed by atoms with Crippen molar-refractivity contribution in [3.8, 4) is 5.75 Å². The summed E-state index contributed by atoms with van der Waals surface area (Å²) < 4.78 is 18.5. The highest BCUT2D eigenvalue weighted by atomic mass is 19.1. The van der Waals surface area contributed by atoms with E-state index in [0.29, 0.717) is 19.5 Å². The standard InChI is InChI=1S/C13H13FN2O4/c1-2-6-15-7-5-11(13(15)17)20-12-8-9(14)3-4-10(12)16(18)19/h2-4,8,11H,1,5-7H2/t11-/m1/s1. The summed E-state index contributed by atoms with van der Waals surface area (Å²) in [6.07, 6.45) is 1.17. The van der Waals surface area contributed by atoms with Gasteiger partial charge >= 0.3 is 5.69 Å². The minimum Gasteiger partial charge on any atom is -0.473 e. The average molecular weight is 280 g/mol. The summed E-state index contributed by atoms with van der Waals surface area (Å²) in [5.74, 6) is -1.16. The maximum Gasteiger partial charge on any atom is 0.311 e. The maximum absolute atomic E-state index is 13.2. The fourth-order valence-corrected chi connectivity index (χ4v) is 2.04.